The van der Waals surface area contributed by atoms with E-state index in [-0.39, 0.29) is 5.78 Å². The van der Waals surface area contributed by atoms with Gasteiger partial charge >= 0.3 is 0 Å². The number of para-hydroxylation sites is 1. The SMILES string of the molecule is O=C(c1ccc2c(c1)c1ccccc1n2CCCCl)c1cccc2ccccc12. The van der Waals surface area contributed by atoms with Crippen molar-refractivity contribution in [2.75, 3.05) is 5.88 Å². The molecule has 0 aliphatic rings. The van der Waals surface area contributed by atoms with E-state index in [2.05, 4.69) is 28.8 Å². The lowest BCUT2D eigenvalue weighted by Gasteiger charge is -2.08. The highest BCUT2D eigenvalue weighted by molar-refractivity contribution is 6.19. The first-order chi connectivity index (χ1) is 14.3. The van der Waals surface area contributed by atoms with Gasteiger partial charge in [0.05, 0.1) is 0 Å². The van der Waals surface area contributed by atoms with Gasteiger partial charge in [-0.2, -0.15) is 0 Å². The topological polar surface area (TPSA) is 22.0 Å². The van der Waals surface area contributed by atoms with Crippen molar-refractivity contribution < 1.29 is 4.79 Å². The highest BCUT2D eigenvalue weighted by atomic mass is 35.5. The molecule has 3 heteroatoms. The van der Waals surface area contributed by atoms with E-state index in [9.17, 15) is 4.79 Å². The summed E-state index contributed by atoms with van der Waals surface area (Å²) in [5.41, 5.74) is 3.79. The molecule has 2 nitrogen and oxygen atoms in total. The fourth-order valence-electron chi connectivity index (χ4n) is 4.23. The second-order valence-corrected chi connectivity index (χ2v) is 7.68. The summed E-state index contributed by atoms with van der Waals surface area (Å²) in [6.07, 6.45) is 0.909. The third-order valence-electron chi connectivity index (χ3n) is 5.58. The van der Waals surface area contributed by atoms with E-state index in [4.69, 9.17) is 11.6 Å². The molecule has 0 amide bonds. The fourth-order valence-corrected chi connectivity index (χ4v) is 4.35. The Morgan fingerprint density at radius 1 is 0.759 bits per heavy atom. The van der Waals surface area contributed by atoms with E-state index in [0.29, 0.717) is 11.4 Å². The van der Waals surface area contributed by atoms with Crippen LogP contribution in [0, 0.1) is 0 Å². The summed E-state index contributed by atoms with van der Waals surface area (Å²) < 4.78 is 2.30. The number of ketones is 1. The molecule has 142 valence electrons. The Hall–Kier alpha value is -3.10. The van der Waals surface area contributed by atoms with Crippen LogP contribution in [0.5, 0.6) is 0 Å². The molecule has 0 unspecified atom stereocenters. The van der Waals surface area contributed by atoms with E-state index < -0.39 is 0 Å². The van der Waals surface area contributed by atoms with Crippen LogP contribution in [0.1, 0.15) is 22.3 Å². The lowest BCUT2D eigenvalue weighted by Crippen LogP contribution is -2.02. The molecular formula is C26H20ClNO. The lowest BCUT2D eigenvalue weighted by atomic mass is 9.96. The first kappa shape index (κ1) is 18.0. The second-order valence-electron chi connectivity index (χ2n) is 7.30. The molecule has 0 saturated heterocycles. The summed E-state index contributed by atoms with van der Waals surface area (Å²) in [4.78, 5) is 13.4. The predicted octanol–water partition coefficient (Wildman–Crippen LogP) is 6.81. The summed E-state index contributed by atoms with van der Waals surface area (Å²) in [5, 5.41) is 4.35. The average molecular weight is 398 g/mol. The van der Waals surface area contributed by atoms with Crippen molar-refractivity contribution in [2.24, 2.45) is 0 Å². The number of aryl methyl sites for hydroxylation is 1. The molecule has 5 rings (SSSR count). The molecule has 0 atom stereocenters. The molecule has 1 aromatic heterocycles. The van der Waals surface area contributed by atoms with Crippen LogP contribution in [-0.2, 0) is 6.54 Å². The standard InChI is InChI=1S/C26H20ClNO/c27-15-6-16-28-24-12-4-3-10-21(24)23-17-19(13-14-25(23)28)26(29)22-11-5-8-18-7-1-2-9-20(18)22/h1-5,7-14,17H,6,15-16H2. The van der Waals surface area contributed by atoms with E-state index >= 15 is 0 Å². The normalized spacial score (nSPS) is 11.5. The second kappa shape index (κ2) is 7.38. The van der Waals surface area contributed by atoms with E-state index in [1.807, 2.05) is 60.7 Å². The molecule has 5 aromatic rings. The molecule has 29 heavy (non-hydrogen) atoms. The Morgan fingerprint density at radius 3 is 2.34 bits per heavy atom. The van der Waals surface area contributed by atoms with Gasteiger partial charge < -0.3 is 4.57 Å². The van der Waals surface area contributed by atoms with Crippen LogP contribution in [0.3, 0.4) is 0 Å². The highest BCUT2D eigenvalue weighted by Crippen LogP contribution is 2.31. The third-order valence-corrected chi connectivity index (χ3v) is 5.85. The molecule has 0 fully saturated rings. The van der Waals surface area contributed by atoms with Crippen molar-refractivity contribution in [3.8, 4) is 0 Å². The van der Waals surface area contributed by atoms with Gasteiger partial charge in [0.2, 0.25) is 0 Å². The Balaban J connectivity index is 1.68. The monoisotopic (exact) mass is 397 g/mol. The summed E-state index contributed by atoms with van der Waals surface area (Å²) in [6.45, 7) is 0.865. The van der Waals surface area contributed by atoms with Crippen molar-refractivity contribution in [1.82, 2.24) is 4.57 Å². The Labute approximate surface area is 174 Å². The lowest BCUT2D eigenvalue weighted by molar-refractivity contribution is 0.104. The van der Waals surface area contributed by atoms with Gasteiger partial charge in [0.25, 0.3) is 0 Å². The van der Waals surface area contributed by atoms with E-state index in [0.717, 1.165) is 40.2 Å². The molecule has 0 N–H and O–H groups in total. The number of hydrogen-bond acceptors (Lipinski definition) is 1. The van der Waals surface area contributed by atoms with Crippen molar-refractivity contribution in [2.45, 2.75) is 13.0 Å². The maximum Gasteiger partial charge on any atom is 0.193 e. The van der Waals surface area contributed by atoms with Gasteiger partial charge in [-0.15, -0.1) is 11.6 Å². The minimum atomic E-state index is 0.0567. The van der Waals surface area contributed by atoms with Crippen molar-refractivity contribution in [3.05, 3.63) is 96.1 Å². The molecule has 0 radical (unpaired) electrons. The van der Waals surface area contributed by atoms with Gasteiger partial charge in [0.1, 0.15) is 0 Å². The number of nitrogens with zero attached hydrogens (tertiary/aromatic N) is 1. The molecule has 0 aliphatic heterocycles. The number of halogens is 1. The Morgan fingerprint density at radius 2 is 1.48 bits per heavy atom. The van der Waals surface area contributed by atoms with Crippen molar-refractivity contribution in [1.29, 1.82) is 0 Å². The summed E-state index contributed by atoms with van der Waals surface area (Å²) >= 11 is 5.95. The van der Waals surface area contributed by atoms with Crippen molar-refractivity contribution in [3.63, 3.8) is 0 Å². The van der Waals surface area contributed by atoms with Crippen LogP contribution in [-0.4, -0.2) is 16.2 Å². The van der Waals surface area contributed by atoms with Crippen LogP contribution < -0.4 is 0 Å². The smallest absolute Gasteiger partial charge is 0.193 e. The number of fused-ring (bicyclic) bond motifs is 4. The van der Waals surface area contributed by atoms with Gasteiger partial charge in [-0.1, -0.05) is 60.7 Å². The number of hydrogen-bond donors (Lipinski definition) is 0. The first-order valence-corrected chi connectivity index (χ1v) is 10.4. The molecule has 4 aromatic carbocycles. The molecule has 0 spiro atoms. The molecule has 0 bridgehead atoms. The number of benzene rings is 4. The molecule has 0 saturated carbocycles. The van der Waals surface area contributed by atoms with Crippen LogP contribution in [0.4, 0.5) is 0 Å². The zero-order valence-corrected chi connectivity index (χ0v) is 16.7. The van der Waals surface area contributed by atoms with Crippen LogP contribution in [0.25, 0.3) is 32.6 Å². The van der Waals surface area contributed by atoms with E-state index in [1.165, 1.54) is 10.9 Å². The number of carbonyl (C=O) groups excluding carboxylic acids is 1. The Kier molecular flexibility index (Phi) is 4.57. The van der Waals surface area contributed by atoms with E-state index in [1.54, 1.807) is 0 Å². The van der Waals surface area contributed by atoms with Gasteiger partial charge in [-0.05, 0) is 41.5 Å². The minimum Gasteiger partial charge on any atom is -0.340 e. The average Bonchev–Trinajstić information content (AvgIpc) is 3.10. The zero-order chi connectivity index (χ0) is 19.8. The third kappa shape index (κ3) is 3.01. The first-order valence-electron chi connectivity index (χ1n) is 9.87. The van der Waals surface area contributed by atoms with Gasteiger partial charge in [-0.25, -0.2) is 0 Å². The quantitative estimate of drug-likeness (QED) is 0.236. The maximum absolute atomic E-state index is 13.4. The highest BCUT2D eigenvalue weighted by Gasteiger charge is 2.16. The summed E-state index contributed by atoms with van der Waals surface area (Å²) in [7, 11) is 0. The zero-order valence-electron chi connectivity index (χ0n) is 15.9. The number of carbonyl (C=O) groups is 1. The molecule has 0 aliphatic carbocycles. The van der Waals surface area contributed by atoms with Gasteiger partial charge in [-0.3, -0.25) is 4.79 Å². The number of rotatable bonds is 5. The van der Waals surface area contributed by atoms with Crippen LogP contribution in [0.2, 0.25) is 0 Å². The van der Waals surface area contributed by atoms with Crippen LogP contribution in [0.15, 0.2) is 84.9 Å². The molecular weight excluding hydrogens is 378 g/mol. The van der Waals surface area contributed by atoms with Crippen molar-refractivity contribution >= 4 is 50.0 Å². The summed E-state index contributed by atoms with van der Waals surface area (Å²) in [6, 6.07) is 28.4. The number of alkyl halides is 1. The predicted molar refractivity (Wildman–Crippen MR) is 122 cm³/mol. The fraction of sp³-hybridized carbons (Fsp3) is 0.115. The van der Waals surface area contributed by atoms with Gasteiger partial charge in [0.15, 0.2) is 5.78 Å². The maximum atomic E-state index is 13.4. The number of aromatic nitrogens is 1. The minimum absolute atomic E-state index is 0.0567. The van der Waals surface area contributed by atoms with Crippen LogP contribution >= 0.6 is 11.6 Å². The Bertz CT molecular complexity index is 1360. The summed E-state index contributed by atoms with van der Waals surface area (Å²) in [5.74, 6) is 0.687. The van der Waals surface area contributed by atoms with Gasteiger partial charge in [0, 0.05) is 45.4 Å². The molecule has 1 heterocycles. The largest absolute Gasteiger partial charge is 0.340 e.